The molecule has 0 saturated carbocycles. The van der Waals surface area contributed by atoms with Gasteiger partial charge in [-0.25, -0.2) is 4.79 Å². The van der Waals surface area contributed by atoms with Crippen molar-refractivity contribution in [3.05, 3.63) is 45.9 Å². The van der Waals surface area contributed by atoms with Crippen molar-refractivity contribution in [3.8, 4) is 0 Å². The summed E-state index contributed by atoms with van der Waals surface area (Å²) in [7, 11) is 0. The zero-order valence-electron chi connectivity index (χ0n) is 18.5. The molecule has 0 aromatic heterocycles. The van der Waals surface area contributed by atoms with Crippen molar-refractivity contribution in [3.63, 3.8) is 0 Å². The van der Waals surface area contributed by atoms with Gasteiger partial charge in [-0.1, -0.05) is 44.9 Å². The van der Waals surface area contributed by atoms with Crippen molar-refractivity contribution >= 4 is 23.4 Å². The number of aliphatic hydroxyl groups is 3. The van der Waals surface area contributed by atoms with Crippen molar-refractivity contribution in [2.45, 2.75) is 70.2 Å². The maximum absolute atomic E-state index is 13.2. The molecule has 0 aromatic rings. The third kappa shape index (κ3) is 2.61. The van der Waals surface area contributed by atoms with E-state index in [9.17, 15) is 24.9 Å². The van der Waals surface area contributed by atoms with Crippen LogP contribution >= 0.6 is 11.6 Å². The number of ether oxygens (including phenoxy) is 3. The Morgan fingerprint density at radius 1 is 1.22 bits per heavy atom. The van der Waals surface area contributed by atoms with E-state index in [1.807, 2.05) is 19.9 Å². The lowest BCUT2D eigenvalue weighted by Crippen LogP contribution is -2.77. The molecule has 1 saturated heterocycles. The van der Waals surface area contributed by atoms with Crippen molar-refractivity contribution in [1.29, 1.82) is 0 Å². The minimum atomic E-state index is -2.55. The quantitative estimate of drug-likeness (QED) is 0.526. The Balaban J connectivity index is 2.00. The summed E-state index contributed by atoms with van der Waals surface area (Å²) in [6.07, 6.45) is 3.27. The van der Waals surface area contributed by atoms with Crippen LogP contribution in [0.15, 0.2) is 45.9 Å². The molecule has 0 amide bonds. The van der Waals surface area contributed by atoms with Crippen molar-refractivity contribution in [2.75, 3.05) is 0 Å². The summed E-state index contributed by atoms with van der Waals surface area (Å²) >= 11 is 6.37. The van der Waals surface area contributed by atoms with Crippen molar-refractivity contribution in [1.82, 2.24) is 0 Å². The molecule has 3 aliphatic heterocycles. The lowest BCUT2D eigenvalue weighted by molar-refractivity contribution is -0.288. The first-order valence-electron chi connectivity index (χ1n) is 10.6. The summed E-state index contributed by atoms with van der Waals surface area (Å²) in [6.45, 7) is 8.31. The largest absolute Gasteiger partial charge is 0.455 e. The van der Waals surface area contributed by atoms with Crippen LogP contribution in [0.5, 0.6) is 0 Å². The third-order valence-electron chi connectivity index (χ3n) is 7.11. The van der Waals surface area contributed by atoms with Gasteiger partial charge < -0.3 is 29.5 Å². The predicted octanol–water partition coefficient (Wildman–Crippen LogP) is 1.98. The lowest BCUT2D eigenvalue weighted by atomic mass is 9.58. The van der Waals surface area contributed by atoms with Crippen molar-refractivity contribution < 1.29 is 39.1 Å². The van der Waals surface area contributed by atoms with E-state index in [0.717, 1.165) is 6.42 Å². The van der Waals surface area contributed by atoms with E-state index in [0.29, 0.717) is 0 Å². The van der Waals surface area contributed by atoms with E-state index < -0.39 is 52.4 Å². The average molecular weight is 467 g/mol. The summed E-state index contributed by atoms with van der Waals surface area (Å²) < 4.78 is 17.1. The molecule has 4 aliphatic rings. The van der Waals surface area contributed by atoms with Crippen LogP contribution in [0.1, 0.15) is 41.0 Å². The predicted molar refractivity (Wildman–Crippen MR) is 113 cm³/mol. The van der Waals surface area contributed by atoms with Crippen LogP contribution in [-0.4, -0.2) is 56.3 Å². The third-order valence-corrected chi connectivity index (χ3v) is 7.48. The standard InChI is InChI=1S/C23H27ClO8/c1-6-10(2)7-8-13-9-14-16(24)18(26)21(5)23(29)15(19(27)32-21)17(11(3)12(4)25)31-20(30-13)22(14,23)28/h7-12,20,25,28-29H,6H2,1-5H3/b8-7+/t10-,11-,12-,20+,21+,22-,23+/m0/s1. The first kappa shape index (κ1) is 23.0. The molecule has 0 spiro atoms. The molecule has 0 unspecified atom stereocenters. The highest BCUT2D eigenvalue weighted by Gasteiger charge is 2.83. The molecule has 9 heteroatoms. The van der Waals surface area contributed by atoms with Crippen LogP contribution in [0.4, 0.5) is 0 Å². The first-order chi connectivity index (χ1) is 14.8. The molecule has 0 bridgehead atoms. The molecule has 0 aromatic carbocycles. The number of carbonyl (C=O) groups excluding carboxylic acids is 2. The molecule has 1 aliphatic carbocycles. The van der Waals surface area contributed by atoms with Gasteiger partial charge in [0, 0.05) is 11.5 Å². The number of hydrogen-bond acceptors (Lipinski definition) is 8. The second-order valence-corrected chi connectivity index (χ2v) is 9.46. The monoisotopic (exact) mass is 466 g/mol. The SMILES string of the molecule is CC[C@H](C)/C=C/C1=CC2=C(Cl)C(=O)[C@@]3(C)OC(=O)C4=C([C@@H](C)[C@H](C)O)O[C@@H](O1)[C@]2(O)[C@@]43O. The van der Waals surface area contributed by atoms with Crippen molar-refractivity contribution in [2.24, 2.45) is 11.8 Å². The maximum Gasteiger partial charge on any atom is 0.341 e. The summed E-state index contributed by atoms with van der Waals surface area (Å²) in [5, 5.41) is 33.6. The highest BCUT2D eigenvalue weighted by atomic mass is 35.5. The molecule has 3 N–H and O–H groups in total. The minimum absolute atomic E-state index is 0.108. The lowest BCUT2D eigenvalue weighted by Gasteiger charge is -2.56. The second kappa shape index (κ2) is 7.18. The Kier molecular flexibility index (Phi) is 5.17. The molecule has 32 heavy (non-hydrogen) atoms. The first-order valence-corrected chi connectivity index (χ1v) is 11.0. The number of esters is 1. The molecule has 8 nitrogen and oxygen atoms in total. The van der Waals surface area contributed by atoms with Crippen LogP contribution < -0.4 is 0 Å². The van der Waals surface area contributed by atoms with Crippen LogP contribution in [0.3, 0.4) is 0 Å². The summed E-state index contributed by atoms with van der Waals surface area (Å²) in [4.78, 5) is 26.1. The van der Waals surface area contributed by atoms with Gasteiger partial charge in [-0.3, -0.25) is 4.79 Å². The highest BCUT2D eigenvalue weighted by molar-refractivity contribution is 6.45. The highest BCUT2D eigenvalue weighted by Crippen LogP contribution is 2.62. The maximum atomic E-state index is 13.2. The second-order valence-electron chi connectivity index (χ2n) is 9.08. The van der Waals surface area contributed by atoms with E-state index >= 15 is 0 Å². The molecule has 3 heterocycles. The van der Waals surface area contributed by atoms with E-state index in [4.69, 9.17) is 25.8 Å². The van der Waals surface area contributed by atoms with Gasteiger partial charge in [0.05, 0.1) is 11.1 Å². The number of Topliss-reactive ketones (excluding diaryl/α,β-unsaturated/α-hetero) is 1. The fraction of sp³-hybridized carbons (Fsp3) is 0.565. The summed E-state index contributed by atoms with van der Waals surface area (Å²) in [5.74, 6) is -2.28. The average Bonchev–Trinajstić information content (AvgIpc) is 2.96. The zero-order chi connectivity index (χ0) is 23.8. The molecular weight excluding hydrogens is 440 g/mol. The number of aliphatic hydroxyl groups excluding tert-OH is 1. The number of halogens is 1. The van der Waals surface area contributed by atoms with E-state index in [1.54, 1.807) is 13.0 Å². The number of rotatable bonds is 5. The zero-order valence-corrected chi connectivity index (χ0v) is 19.3. The summed E-state index contributed by atoms with van der Waals surface area (Å²) in [6, 6.07) is 0. The Hall–Kier alpha value is -2.13. The minimum Gasteiger partial charge on any atom is -0.455 e. The molecule has 174 valence electrons. The smallest absolute Gasteiger partial charge is 0.341 e. The fourth-order valence-electron chi connectivity index (χ4n) is 4.61. The normalized spacial score (nSPS) is 38.7. The van der Waals surface area contributed by atoms with Gasteiger partial charge in [0.25, 0.3) is 6.29 Å². The van der Waals surface area contributed by atoms with Crippen LogP contribution in [0.2, 0.25) is 0 Å². The van der Waals surface area contributed by atoms with E-state index in [1.165, 1.54) is 19.9 Å². The van der Waals surface area contributed by atoms with Gasteiger partial charge in [0.1, 0.15) is 17.1 Å². The Morgan fingerprint density at radius 3 is 2.47 bits per heavy atom. The van der Waals surface area contributed by atoms with Gasteiger partial charge in [-0.15, -0.1) is 0 Å². The Morgan fingerprint density at radius 2 is 1.88 bits per heavy atom. The van der Waals surface area contributed by atoms with E-state index in [-0.39, 0.29) is 28.0 Å². The number of ketones is 1. The Bertz CT molecular complexity index is 1020. The van der Waals surface area contributed by atoms with Gasteiger partial charge in [0.15, 0.2) is 5.60 Å². The molecule has 4 rings (SSSR count). The molecule has 0 radical (unpaired) electrons. The number of allylic oxidation sites excluding steroid dienone is 2. The number of hydrogen-bond donors (Lipinski definition) is 3. The van der Waals surface area contributed by atoms with Gasteiger partial charge in [0.2, 0.25) is 17.0 Å². The van der Waals surface area contributed by atoms with Gasteiger partial charge >= 0.3 is 5.97 Å². The molecule has 1 fully saturated rings. The molecule has 7 atom stereocenters. The number of carbonyl (C=O) groups is 2. The van der Waals surface area contributed by atoms with Gasteiger partial charge in [-0.2, -0.15) is 0 Å². The van der Waals surface area contributed by atoms with Crippen LogP contribution in [0.25, 0.3) is 0 Å². The Labute approximate surface area is 190 Å². The fourth-order valence-corrected chi connectivity index (χ4v) is 4.99. The summed E-state index contributed by atoms with van der Waals surface area (Å²) in [5.41, 5.74) is -7.71. The molecular formula is C23H27ClO8. The van der Waals surface area contributed by atoms with Crippen LogP contribution in [-0.2, 0) is 23.8 Å². The van der Waals surface area contributed by atoms with E-state index in [2.05, 4.69) is 0 Å². The topological polar surface area (TPSA) is 123 Å². The van der Waals surface area contributed by atoms with Crippen LogP contribution in [0, 0.1) is 11.8 Å². The van der Waals surface area contributed by atoms with Gasteiger partial charge in [-0.05, 0) is 31.9 Å².